The van der Waals surface area contributed by atoms with E-state index < -0.39 is 0 Å². The van der Waals surface area contributed by atoms with E-state index in [9.17, 15) is 4.79 Å². The second-order valence-electron chi connectivity index (χ2n) is 7.63. The monoisotopic (exact) mass is 353 g/mol. The SMILES string of the molecule is CCN1CCc2nc3ccccc3c(C(=O)NCC3(C)CCCO3)c2C1. The Balaban J connectivity index is 1.71. The summed E-state index contributed by atoms with van der Waals surface area (Å²) in [4.78, 5) is 20.4. The maximum atomic E-state index is 13.2. The molecule has 0 spiro atoms. The van der Waals surface area contributed by atoms with Crippen molar-refractivity contribution in [3.05, 3.63) is 41.1 Å². The molecular formula is C21H27N3O2. The Morgan fingerprint density at radius 2 is 2.23 bits per heavy atom. The van der Waals surface area contributed by atoms with Gasteiger partial charge in [0.2, 0.25) is 0 Å². The minimum absolute atomic E-state index is 0.00507. The normalized spacial score (nSPS) is 23.2. The first-order valence-electron chi connectivity index (χ1n) is 9.65. The Morgan fingerprint density at radius 3 is 3.00 bits per heavy atom. The fourth-order valence-corrected chi connectivity index (χ4v) is 4.11. The van der Waals surface area contributed by atoms with Crippen LogP contribution in [0.1, 0.15) is 48.3 Å². The number of carbonyl (C=O) groups is 1. The number of ether oxygens (including phenoxy) is 1. The molecule has 1 fully saturated rings. The van der Waals surface area contributed by atoms with Gasteiger partial charge in [0.15, 0.2) is 0 Å². The van der Waals surface area contributed by atoms with Gasteiger partial charge in [-0.15, -0.1) is 0 Å². The standard InChI is InChI=1S/C21H27N3O2/c1-3-24-11-9-18-16(13-24)19(15-7-4-5-8-17(15)23-18)20(25)22-14-21(2)10-6-12-26-21/h4-5,7-8H,3,6,9-14H2,1-2H3,(H,22,25). The van der Waals surface area contributed by atoms with Crippen molar-refractivity contribution in [2.75, 3.05) is 26.2 Å². The first-order valence-corrected chi connectivity index (χ1v) is 9.65. The molecule has 26 heavy (non-hydrogen) atoms. The van der Waals surface area contributed by atoms with Crippen LogP contribution in [0.4, 0.5) is 0 Å². The Labute approximate surface area is 154 Å². The fourth-order valence-electron chi connectivity index (χ4n) is 4.11. The second-order valence-corrected chi connectivity index (χ2v) is 7.63. The van der Waals surface area contributed by atoms with Gasteiger partial charge >= 0.3 is 0 Å². The summed E-state index contributed by atoms with van der Waals surface area (Å²) >= 11 is 0. The molecule has 2 aromatic rings. The highest BCUT2D eigenvalue weighted by atomic mass is 16.5. The number of nitrogens with zero attached hydrogens (tertiary/aromatic N) is 2. The Hall–Kier alpha value is -1.98. The van der Waals surface area contributed by atoms with Gasteiger partial charge in [-0.25, -0.2) is 0 Å². The van der Waals surface area contributed by atoms with E-state index in [0.717, 1.165) is 73.2 Å². The van der Waals surface area contributed by atoms with Gasteiger partial charge in [-0.05, 0) is 32.4 Å². The van der Waals surface area contributed by atoms with Crippen LogP contribution in [0.3, 0.4) is 0 Å². The zero-order valence-electron chi connectivity index (χ0n) is 15.7. The van der Waals surface area contributed by atoms with E-state index in [4.69, 9.17) is 9.72 Å². The maximum Gasteiger partial charge on any atom is 0.252 e. The summed E-state index contributed by atoms with van der Waals surface area (Å²) < 4.78 is 5.83. The van der Waals surface area contributed by atoms with Gasteiger partial charge in [0.1, 0.15) is 0 Å². The lowest BCUT2D eigenvalue weighted by Crippen LogP contribution is -2.41. The molecule has 0 bridgehead atoms. The van der Waals surface area contributed by atoms with E-state index >= 15 is 0 Å². The smallest absolute Gasteiger partial charge is 0.252 e. The summed E-state index contributed by atoms with van der Waals surface area (Å²) in [5.41, 5.74) is 3.62. The lowest BCUT2D eigenvalue weighted by Gasteiger charge is -2.29. The van der Waals surface area contributed by atoms with Gasteiger partial charge < -0.3 is 10.1 Å². The number of rotatable bonds is 4. The van der Waals surface area contributed by atoms with Crippen LogP contribution in [0.15, 0.2) is 24.3 Å². The van der Waals surface area contributed by atoms with Crippen molar-refractivity contribution in [1.82, 2.24) is 15.2 Å². The van der Waals surface area contributed by atoms with E-state index in [1.54, 1.807) is 0 Å². The molecule has 0 aliphatic carbocycles. The minimum Gasteiger partial charge on any atom is -0.373 e. The van der Waals surface area contributed by atoms with Gasteiger partial charge in [-0.2, -0.15) is 0 Å². The number of amides is 1. The molecule has 0 saturated carbocycles. The molecule has 4 rings (SSSR count). The summed E-state index contributed by atoms with van der Waals surface area (Å²) in [5, 5.41) is 4.09. The molecule has 2 aliphatic heterocycles. The van der Waals surface area contributed by atoms with Crippen molar-refractivity contribution < 1.29 is 9.53 Å². The highest BCUT2D eigenvalue weighted by molar-refractivity contribution is 6.07. The molecule has 1 unspecified atom stereocenters. The summed E-state index contributed by atoms with van der Waals surface area (Å²) in [6.45, 7) is 8.36. The predicted molar refractivity (Wildman–Crippen MR) is 102 cm³/mol. The highest BCUT2D eigenvalue weighted by Crippen LogP contribution is 2.29. The summed E-state index contributed by atoms with van der Waals surface area (Å²) in [6, 6.07) is 7.98. The van der Waals surface area contributed by atoms with E-state index in [1.165, 1.54) is 0 Å². The van der Waals surface area contributed by atoms with Crippen molar-refractivity contribution in [2.45, 2.75) is 45.3 Å². The number of benzene rings is 1. The molecule has 5 nitrogen and oxygen atoms in total. The van der Waals surface area contributed by atoms with E-state index in [-0.39, 0.29) is 11.5 Å². The van der Waals surface area contributed by atoms with Gasteiger partial charge in [0.05, 0.1) is 16.7 Å². The van der Waals surface area contributed by atoms with E-state index in [1.807, 2.05) is 24.3 Å². The lowest BCUT2D eigenvalue weighted by molar-refractivity contribution is 0.0206. The molecule has 1 aromatic heterocycles. The summed E-state index contributed by atoms with van der Waals surface area (Å²) in [5.74, 6) is -0.00507. The van der Waals surface area contributed by atoms with Crippen LogP contribution < -0.4 is 5.32 Å². The number of likely N-dealkylation sites (N-methyl/N-ethyl adjacent to an activating group) is 1. The summed E-state index contributed by atoms with van der Waals surface area (Å²) in [7, 11) is 0. The molecule has 1 saturated heterocycles. The third-order valence-electron chi connectivity index (χ3n) is 5.72. The lowest BCUT2D eigenvalue weighted by atomic mass is 9.94. The van der Waals surface area contributed by atoms with E-state index in [0.29, 0.717) is 6.54 Å². The van der Waals surface area contributed by atoms with Gasteiger partial charge in [-0.3, -0.25) is 14.7 Å². The van der Waals surface area contributed by atoms with Crippen molar-refractivity contribution in [2.24, 2.45) is 0 Å². The quantitative estimate of drug-likeness (QED) is 0.918. The minimum atomic E-state index is -0.242. The van der Waals surface area contributed by atoms with Crippen LogP contribution in [0.5, 0.6) is 0 Å². The molecule has 1 atom stereocenters. The molecule has 1 aromatic carbocycles. The number of para-hydroxylation sites is 1. The number of fused-ring (bicyclic) bond motifs is 2. The maximum absolute atomic E-state index is 13.2. The highest BCUT2D eigenvalue weighted by Gasteiger charge is 2.31. The van der Waals surface area contributed by atoms with Crippen LogP contribution >= 0.6 is 0 Å². The van der Waals surface area contributed by atoms with E-state index in [2.05, 4.69) is 24.1 Å². The number of hydrogen-bond acceptors (Lipinski definition) is 4. The Morgan fingerprint density at radius 1 is 1.38 bits per heavy atom. The third-order valence-corrected chi connectivity index (χ3v) is 5.72. The number of nitrogens with one attached hydrogen (secondary N) is 1. The van der Waals surface area contributed by atoms with Gasteiger partial charge in [-0.1, -0.05) is 25.1 Å². The van der Waals surface area contributed by atoms with Crippen LogP contribution in [0, 0.1) is 0 Å². The van der Waals surface area contributed by atoms with Crippen LogP contribution in [0.25, 0.3) is 10.9 Å². The third kappa shape index (κ3) is 3.21. The zero-order valence-corrected chi connectivity index (χ0v) is 15.7. The van der Waals surface area contributed by atoms with Crippen LogP contribution in [0.2, 0.25) is 0 Å². The zero-order chi connectivity index (χ0) is 18.1. The number of pyridine rings is 1. The average molecular weight is 353 g/mol. The summed E-state index contributed by atoms with van der Waals surface area (Å²) in [6.07, 6.45) is 2.95. The topological polar surface area (TPSA) is 54.5 Å². The molecule has 1 amide bonds. The first kappa shape index (κ1) is 17.4. The molecular weight excluding hydrogens is 326 g/mol. The Kier molecular flexibility index (Phi) is 4.67. The Bertz CT molecular complexity index is 827. The second kappa shape index (κ2) is 6.97. The molecule has 1 N–H and O–H groups in total. The fraction of sp³-hybridized carbons (Fsp3) is 0.524. The first-order chi connectivity index (χ1) is 12.6. The van der Waals surface area contributed by atoms with Gasteiger partial charge in [0.25, 0.3) is 5.91 Å². The average Bonchev–Trinajstić information content (AvgIpc) is 3.10. The number of hydrogen-bond donors (Lipinski definition) is 1. The molecule has 138 valence electrons. The number of aromatic nitrogens is 1. The van der Waals surface area contributed by atoms with Crippen molar-refractivity contribution in [3.8, 4) is 0 Å². The predicted octanol–water partition coefficient (Wildman–Crippen LogP) is 2.91. The molecule has 3 heterocycles. The molecule has 2 aliphatic rings. The van der Waals surface area contributed by atoms with Crippen molar-refractivity contribution in [1.29, 1.82) is 0 Å². The van der Waals surface area contributed by atoms with Gasteiger partial charge in [0, 0.05) is 49.3 Å². The number of carbonyl (C=O) groups excluding carboxylic acids is 1. The van der Waals surface area contributed by atoms with Crippen molar-refractivity contribution >= 4 is 16.8 Å². The van der Waals surface area contributed by atoms with Crippen LogP contribution in [-0.2, 0) is 17.7 Å². The molecule has 0 radical (unpaired) electrons. The molecule has 5 heteroatoms. The van der Waals surface area contributed by atoms with Crippen molar-refractivity contribution in [3.63, 3.8) is 0 Å². The van der Waals surface area contributed by atoms with Crippen LogP contribution in [-0.4, -0.2) is 47.6 Å². The largest absolute Gasteiger partial charge is 0.373 e.